The molecule has 5 heteroatoms. The largest absolute Gasteiger partial charge is 0.385 e. The number of aryl methyl sites for hydroxylation is 2. The Labute approximate surface area is 121 Å². The van der Waals surface area contributed by atoms with Gasteiger partial charge in [0.05, 0.1) is 5.75 Å². The van der Waals surface area contributed by atoms with Gasteiger partial charge in [-0.1, -0.05) is 17.7 Å². The first kappa shape index (κ1) is 16.9. The van der Waals surface area contributed by atoms with Gasteiger partial charge in [-0.3, -0.25) is 4.79 Å². The average Bonchev–Trinajstić information content (AvgIpc) is 2.40. The highest BCUT2D eigenvalue weighted by Crippen LogP contribution is 2.17. The van der Waals surface area contributed by atoms with Gasteiger partial charge in [-0.05, 0) is 38.8 Å². The van der Waals surface area contributed by atoms with E-state index in [-0.39, 0.29) is 11.5 Å². The molecule has 0 fully saturated rings. The van der Waals surface area contributed by atoms with Crippen LogP contribution in [-0.2, 0) is 14.6 Å². The van der Waals surface area contributed by atoms with Crippen molar-refractivity contribution in [2.24, 2.45) is 0 Å². The van der Waals surface area contributed by atoms with Crippen LogP contribution in [0.15, 0.2) is 18.2 Å². The Kier molecular flexibility index (Phi) is 5.89. The van der Waals surface area contributed by atoms with E-state index in [0.29, 0.717) is 18.6 Å². The minimum atomic E-state index is -3.44. The van der Waals surface area contributed by atoms with Crippen LogP contribution in [0.4, 0.5) is 0 Å². The second-order valence-electron chi connectivity index (χ2n) is 5.04. The van der Waals surface area contributed by atoms with Crippen molar-refractivity contribution in [1.29, 1.82) is 0 Å². The van der Waals surface area contributed by atoms with E-state index in [1.807, 2.05) is 26.0 Å². The van der Waals surface area contributed by atoms with Crippen LogP contribution < -0.4 is 0 Å². The van der Waals surface area contributed by atoms with Gasteiger partial charge in [0.1, 0.15) is 5.25 Å². The van der Waals surface area contributed by atoms with Gasteiger partial charge in [-0.15, -0.1) is 0 Å². The number of ketones is 1. The molecule has 0 spiro atoms. The van der Waals surface area contributed by atoms with E-state index in [9.17, 15) is 13.2 Å². The summed E-state index contributed by atoms with van der Waals surface area (Å²) in [5.41, 5.74) is 2.25. The van der Waals surface area contributed by atoms with Crippen molar-refractivity contribution in [3.63, 3.8) is 0 Å². The summed E-state index contributed by atoms with van der Waals surface area (Å²) < 4.78 is 29.1. The lowest BCUT2D eigenvalue weighted by atomic mass is 10.0. The van der Waals surface area contributed by atoms with Gasteiger partial charge in [0.2, 0.25) is 0 Å². The summed E-state index contributed by atoms with van der Waals surface area (Å²) in [6.07, 6.45) is 0.406. The Morgan fingerprint density at radius 3 is 2.55 bits per heavy atom. The predicted octanol–water partition coefficient (Wildman–Crippen LogP) is 2.33. The number of hydrogen-bond acceptors (Lipinski definition) is 4. The van der Waals surface area contributed by atoms with Crippen LogP contribution in [0.3, 0.4) is 0 Å². The van der Waals surface area contributed by atoms with Crippen LogP contribution >= 0.6 is 0 Å². The molecule has 1 aromatic carbocycles. The summed E-state index contributed by atoms with van der Waals surface area (Å²) in [5.74, 6) is -0.359. The smallest absolute Gasteiger partial charge is 0.180 e. The molecule has 1 unspecified atom stereocenters. The maximum absolute atomic E-state index is 12.4. The SMILES string of the molecule is COCCCS(=O)(=O)C(C)C(=O)c1cc(C)ccc1C. The zero-order chi connectivity index (χ0) is 15.3. The zero-order valence-electron chi connectivity index (χ0n) is 12.5. The van der Waals surface area contributed by atoms with E-state index in [2.05, 4.69) is 0 Å². The summed E-state index contributed by atoms with van der Waals surface area (Å²) >= 11 is 0. The molecule has 0 bridgehead atoms. The maximum atomic E-state index is 12.4. The van der Waals surface area contributed by atoms with Crippen molar-refractivity contribution in [2.75, 3.05) is 19.5 Å². The Balaban J connectivity index is 2.93. The van der Waals surface area contributed by atoms with Gasteiger partial charge in [0.15, 0.2) is 15.6 Å². The molecule has 0 radical (unpaired) electrons. The molecule has 0 aliphatic heterocycles. The number of Topliss-reactive ketones (excluding diaryl/α,β-unsaturated/α-hetero) is 1. The third-order valence-corrected chi connectivity index (χ3v) is 5.49. The molecular formula is C15H22O4S. The summed E-state index contributed by atoms with van der Waals surface area (Å²) in [7, 11) is -1.91. The summed E-state index contributed by atoms with van der Waals surface area (Å²) in [4.78, 5) is 12.4. The van der Waals surface area contributed by atoms with Crippen molar-refractivity contribution in [3.8, 4) is 0 Å². The minimum absolute atomic E-state index is 0.0292. The molecule has 0 aromatic heterocycles. The highest BCUT2D eigenvalue weighted by Gasteiger charge is 2.29. The average molecular weight is 298 g/mol. The second-order valence-corrected chi connectivity index (χ2v) is 7.48. The molecule has 0 saturated heterocycles. The summed E-state index contributed by atoms with van der Waals surface area (Å²) in [5, 5.41) is -1.01. The van der Waals surface area contributed by atoms with E-state index >= 15 is 0 Å². The number of benzene rings is 1. The Hall–Kier alpha value is -1.20. The molecule has 0 N–H and O–H groups in total. The van der Waals surface area contributed by atoms with E-state index in [0.717, 1.165) is 11.1 Å². The fraction of sp³-hybridized carbons (Fsp3) is 0.533. The lowest BCUT2D eigenvalue weighted by molar-refractivity contribution is 0.0990. The maximum Gasteiger partial charge on any atom is 0.180 e. The number of carbonyl (C=O) groups is 1. The van der Waals surface area contributed by atoms with Crippen molar-refractivity contribution >= 4 is 15.6 Å². The fourth-order valence-electron chi connectivity index (χ4n) is 1.96. The molecule has 112 valence electrons. The molecule has 0 amide bonds. The normalized spacial score (nSPS) is 13.2. The first-order chi connectivity index (χ1) is 9.29. The molecule has 0 heterocycles. The van der Waals surface area contributed by atoms with Crippen molar-refractivity contribution < 1.29 is 17.9 Å². The van der Waals surface area contributed by atoms with Gasteiger partial charge < -0.3 is 4.74 Å². The standard InChI is InChI=1S/C15H22O4S/c1-11-6-7-12(2)14(10-11)15(16)13(3)20(17,18)9-5-8-19-4/h6-7,10,13H,5,8-9H2,1-4H3. The molecule has 1 rings (SSSR count). The molecule has 20 heavy (non-hydrogen) atoms. The lowest BCUT2D eigenvalue weighted by Gasteiger charge is -2.14. The van der Waals surface area contributed by atoms with Crippen molar-refractivity contribution in [1.82, 2.24) is 0 Å². The van der Waals surface area contributed by atoms with E-state index in [1.54, 1.807) is 6.07 Å². The van der Waals surface area contributed by atoms with Crippen LogP contribution in [0.1, 0.15) is 34.8 Å². The van der Waals surface area contributed by atoms with Gasteiger partial charge in [-0.2, -0.15) is 0 Å². The van der Waals surface area contributed by atoms with Crippen molar-refractivity contribution in [2.45, 2.75) is 32.4 Å². The van der Waals surface area contributed by atoms with E-state index in [1.165, 1.54) is 14.0 Å². The number of hydrogen-bond donors (Lipinski definition) is 0. The van der Waals surface area contributed by atoms with E-state index < -0.39 is 15.1 Å². The Morgan fingerprint density at radius 1 is 1.30 bits per heavy atom. The van der Waals surface area contributed by atoms with Crippen molar-refractivity contribution in [3.05, 3.63) is 34.9 Å². The number of sulfone groups is 1. The summed E-state index contributed by atoms with van der Waals surface area (Å²) in [6, 6.07) is 5.50. The Morgan fingerprint density at radius 2 is 1.95 bits per heavy atom. The molecule has 0 aliphatic rings. The van der Waals surface area contributed by atoms with Crippen LogP contribution in [0.25, 0.3) is 0 Å². The van der Waals surface area contributed by atoms with Gasteiger partial charge in [0, 0.05) is 19.3 Å². The predicted molar refractivity (Wildman–Crippen MR) is 80.0 cm³/mol. The highest BCUT2D eigenvalue weighted by atomic mass is 32.2. The molecular weight excluding hydrogens is 276 g/mol. The quantitative estimate of drug-likeness (QED) is 0.572. The monoisotopic (exact) mass is 298 g/mol. The van der Waals surface area contributed by atoms with Crippen LogP contribution in [-0.4, -0.2) is 38.9 Å². The van der Waals surface area contributed by atoms with Crippen LogP contribution in [0.2, 0.25) is 0 Å². The van der Waals surface area contributed by atoms with E-state index in [4.69, 9.17) is 4.74 Å². The van der Waals surface area contributed by atoms with Crippen LogP contribution in [0.5, 0.6) is 0 Å². The topological polar surface area (TPSA) is 60.4 Å². The fourth-order valence-corrected chi connectivity index (χ4v) is 3.29. The van der Waals surface area contributed by atoms with Gasteiger partial charge in [0.25, 0.3) is 0 Å². The molecule has 4 nitrogen and oxygen atoms in total. The van der Waals surface area contributed by atoms with Gasteiger partial charge >= 0.3 is 0 Å². The van der Waals surface area contributed by atoms with Gasteiger partial charge in [-0.25, -0.2) is 8.42 Å². The zero-order valence-corrected chi connectivity index (χ0v) is 13.3. The molecule has 1 aromatic rings. The number of methoxy groups -OCH3 is 1. The molecule has 1 atom stereocenters. The molecule has 0 saturated carbocycles. The lowest BCUT2D eigenvalue weighted by Crippen LogP contribution is -2.30. The third-order valence-electron chi connectivity index (χ3n) is 3.34. The molecule has 0 aliphatic carbocycles. The number of carbonyl (C=O) groups excluding carboxylic acids is 1. The highest BCUT2D eigenvalue weighted by molar-refractivity contribution is 7.92. The number of rotatable bonds is 7. The Bertz CT molecular complexity index is 576. The third kappa shape index (κ3) is 4.15. The first-order valence-electron chi connectivity index (χ1n) is 6.61. The minimum Gasteiger partial charge on any atom is -0.385 e. The number of ether oxygens (including phenoxy) is 1. The second kappa shape index (κ2) is 6.99. The summed E-state index contributed by atoms with van der Waals surface area (Å²) in [6.45, 7) is 5.54. The van der Waals surface area contributed by atoms with Crippen LogP contribution in [0, 0.1) is 13.8 Å². The first-order valence-corrected chi connectivity index (χ1v) is 8.33.